The largest absolute Gasteiger partial charge is 0.310 e. The van der Waals surface area contributed by atoms with Crippen molar-refractivity contribution in [2.75, 3.05) is 4.90 Å². The van der Waals surface area contributed by atoms with Gasteiger partial charge in [0.15, 0.2) is 0 Å². The molecule has 0 saturated heterocycles. The summed E-state index contributed by atoms with van der Waals surface area (Å²) in [6, 6.07) is 93.0. The SMILES string of the molecule is CC1(C)c2ccccc2C2(c3ccccc3-c3ccc(N(c4ccccc4)c4ccc(-c5cccc6c5-c5ccccc5C6(c5ccccc5)c5ccccc5)cc4)cc32)c2ccccc21. The van der Waals surface area contributed by atoms with Gasteiger partial charge in [0.2, 0.25) is 0 Å². The zero-order chi connectivity index (χ0) is 44.0. The van der Waals surface area contributed by atoms with Crippen LogP contribution in [0.2, 0.25) is 0 Å². The van der Waals surface area contributed by atoms with Gasteiger partial charge < -0.3 is 4.90 Å². The van der Waals surface area contributed by atoms with E-state index in [-0.39, 0.29) is 5.41 Å². The van der Waals surface area contributed by atoms with Crippen LogP contribution in [0.15, 0.2) is 249 Å². The summed E-state index contributed by atoms with van der Waals surface area (Å²) in [5.41, 5.74) is 23.2. The van der Waals surface area contributed by atoms with E-state index in [2.05, 4.69) is 267 Å². The zero-order valence-electron chi connectivity index (χ0n) is 37.1. The van der Waals surface area contributed by atoms with Crippen molar-refractivity contribution in [2.45, 2.75) is 30.1 Å². The summed E-state index contributed by atoms with van der Waals surface area (Å²) < 4.78 is 0. The summed E-state index contributed by atoms with van der Waals surface area (Å²) in [7, 11) is 0. The molecular weight excluding hydrogens is 795 g/mol. The second-order valence-electron chi connectivity index (χ2n) is 18.7. The van der Waals surface area contributed by atoms with Gasteiger partial charge in [0.05, 0.1) is 10.8 Å². The number of hydrogen-bond acceptors (Lipinski definition) is 1. The number of para-hydroxylation sites is 1. The Morgan fingerprint density at radius 2 is 0.697 bits per heavy atom. The van der Waals surface area contributed by atoms with Crippen molar-refractivity contribution in [3.8, 4) is 33.4 Å². The number of nitrogens with zero attached hydrogens (tertiary/aromatic N) is 1. The van der Waals surface area contributed by atoms with Gasteiger partial charge in [-0.05, 0) is 125 Å². The molecule has 10 aromatic carbocycles. The molecule has 0 aromatic heterocycles. The van der Waals surface area contributed by atoms with Crippen molar-refractivity contribution in [2.24, 2.45) is 0 Å². The molecule has 0 heterocycles. The predicted molar refractivity (Wildman–Crippen MR) is 273 cm³/mol. The second-order valence-corrected chi connectivity index (χ2v) is 18.7. The zero-order valence-corrected chi connectivity index (χ0v) is 37.1. The molecule has 3 aliphatic rings. The molecule has 0 bridgehead atoms. The van der Waals surface area contributed by atoms with E-state index in [4.69, 9.17) is 0 Å². The summed E-state index contributed by atoms with van der Waals surface area (Å²) in [4.78, 5) is 2.44. The highest BCUT2D eigenvalue weighted by Gasteiger charge is 2.53. The number of hydrogen-bond donors (Lipinski definition) is 0. The quantitative estimate of drug-likeness (QED) is 0.161. The van der Waals surface area contributed by atoms with Crippen molar-refractivity contribution < 1.29 is 0 Å². The molecule has 312 valence electrons. The van der Waals surface area contributed by atoms with Crippen molar-refractivity contribution in [3.63, 3.8) is 0 Å². The van der Waals surface area contributed by atoms with Crippen molar-refractivity contribution in [1.82, 2.24) is 0 Å². The molecule has 0 radical (unpaired) electrons. The van der Waals surface area contributed by atoms with E-state index in [1.54, 1.807) is 0 Å². The maximum atomic E-state index is 2.50. The first kappa shape index (κ1) is 38.5. The van der Waals surface area contributed by atoms with E-state index >= 15 is 0 Å². The Morgan fingerprint density at radius 1 is 0.273 bits per heavy atom. The smallest absolute Gasteiger partial charge is 0.0720 e. The van der Waals surface area contributed by atoms with Crippen LogP contribution in [0.5, 0.6) is 0 Å². The Balaban J connectivity index is 0.990. The van der Waals surface area contributed by atoms with Gasteiger partial charge in [-0.25, -0.2) is 0 Å². The molecule has 0 fully saturated rings. The maximum absolute atomic E-state index is 2.50. The molecule has 3 aliphatic carbocycles. The molecule has 13 rings (SSSR count). The van der Waals surface area contributed by atoms with Crippen LogP contribution in [0, 0.1) is 0 Å². The first-order chi connectivity index (χ1) is 32.5. The third-order valence-electron chi connectivity index (χ3n) is 15.2. The van der Waals surface area contributed by atoms with Crippen LogP contribution < -0.4 is 4.90 Å². The van der Waals surface area contributed by atoms with E-state index in [1.807, 2.05) is 0 Å². The van der Waals surface area contributed by atoms with E-state index < -0.39 is 10.8 Å². The van der Waals surface area contributed by atoms with Gasteiger partial charge >= 0.3 is 0 Å². The lowest BCUT2D eigenvalue weighted by molar-refractivity contribution is 0.563. The minimum Gasteiger partial charge on any atom is -0.310 e. The van der Waals surface area contributed by atoms with Crippen LogP contribution in [0.1, 0.15) is 69.5 Å². The number of rotatable bonds is 6. The molecule has 1 spiro atoms. The highest BCUT2D eigenvalue weighted by Crippen LogP contribution is 2.63. The Kier molecular flexibility index (Phi) is 8.45. The average Bonchev–Trinajstić information content (AvgIpc) is 3.85. The highest BCUT2D eigenvalue weighted by atomic mass is 15.1. The lowest BCUT2D eigenvalue weighted by Gasteiger charge is -2.46. The molecule has 10 aromatic rings. The monoisotopic (exact) mass is 841 g/mol. The standard InChI is InChI=1S/C65H47N/c1-63(2)56-32-16-18-34-58(56)65(59-35-19-17-33-57(59)63)54-30-14-12-27-51(54)52-42-41-49(43-61(52)65)66(47-25-10-5-11-26-47)48-39-37-44(38-40-48)50-29-20-36-60-62(50)53-28-13-15-31-55(53)64(60,45-21-6-3-7-22-45)46-23-8-4-9-24-46/h3-43H,1-2H3. The Morgan fingerprint density at radius 3 is 1.30 bits per heavy atom. The van der Waals surface area contributed by atoms with E-state index in [9.17, 15) is 0 Å². The third-order valence-corrected chi connectivity index (χ3v) is 15.2. The summed E-state index contributed by atoms with van der Waals surface area (Å²) in [6.45, 7) is 4.78. The molecule has 1 nitrogen and oxygen atoms in total. The molecule has 1 heteroatoms. The van der Waals surface area contributed by atoms with E-state index in [0.29, 0.717) is 0 Å². The topological polar surface area (TPSA) is 3.24 Å². The van der Waals surface area contributed by atoms with E-state index in [1.165, 1.54) is 89.0 Å². The fourth-order valence-electron chi connectivity index (χ4n) is 12.5. The van der Waals surface area contributed by atoms with Crippen molar-refractivity contribution >= 4 is 17.1 Å². The van der Waals surface area contributed by atoms with Crippen molar-refractivity contribution in [1.29, 1.82) is 0 Å². The Bertz CT molecular complexity index is 3400. The summed E-state index contributed by atoms with van der Waals surface area (Å²) in [5.74, 6) is 0. The Labute approximate surface area is 388 Å². The van der Waals surface area contributed by atoms with Gasteiger partial charge in [0.25, 0.3) is 0 Å². The molecule has 0 saturated carbocycles. The molecule has 0 unspecified atom stereocenters. The minimum absolute atomic E-state index is 0.156. The third kappa shape index (κ3) is 5.17. The molecule has 0 aliphatic heterocycles. The number of anilines is 3. The van der Waals surface area contributed by atoms with Crippen molar-refractivity contribution in [3.05, 3.63) is 304 Å². The van der Waals surface area contributed by atoms with Crippen LogP contribution in [-0.4, -0.2) is 0 Å². The fourth-order valence-corrected chi connectivity index (χ4v) is 12.5. The summed E-state index contributed by atoms with van der Waals surface area (Å²) in [6.07, 6.45) is 0. The lowest BCUT2D eigenvalue weighted by atomic mass is 9.55. The lowest BCUT2D eigenvalue weighted by Crippen LogP contribution is -2.40. The van der Waals surface area contributed by atoms with Crippen LogP contribution in [0.25, 0.3) is 33.4 Å². The fraction of sp³-hybridized carbons (Fsp3) is 0.0769. The number of benzene rings is 10. The first-order valence-corrected chi connectivity index (χ1v) is 23.3. The van der Waals surface area contributed by atoms with E-state index in [0.717, 1.165) is 17.1 Å². The normalized spacial score (nSPS) is 14.9. The minimum atomic E-state index is -0.477. The van der Waals surface area contributed by atoms with Gasteiger partial charge in [-0.15, -0.1) is 0 Å². The van der Waals surface area contributed by atoms with Crippen LogP contribution in [0.4, 0.5) is 17.1 Å². The van der Waals surface area contributed by atoms with Crippen LogP contribution >= 0.6 is 0 Å². The van der Waals surface area contributed by atoms with Gasteiger partial charge in [-0.3, -0.25) is 0 Å². The maximum Gasteiger partial charge on any atom is 0.0720 e. The molecule has 0 atom stereocenters. The predicted octanol–water partition coefficient (Wildman–Crippen LogP) is 16.2. The average molecular weight is 842 g/mol. The molecule has 66 heavy (non-hydrogen) atoms. The highest BCUT2D eigenvalue weighted by molar-refractivity contribution is 5.96. The van der Waals surface area contributed by atoms with Crippen LogP contribution in [0.3, 0.4) is 0 Å². The van der Waals surface area contributed by atoms with Crippen LogP contribution in [-0.2, 0) is 16.2 Å². The molecule has 0 amide bonds. The summed E-state index contributed by atoms with van der Waals surface area (Å²) >= 11 is 0. The second kappa shape index (κ2) is 14.5. The van der Waals surface area contributed by atoms with Gasteiger partial charge in [-0.2, -0.15) is 0 Å². The number of fused-ring (bicyclic) bond motifs is 12. The first-order valence-electron chi connectivity index (χ1n) is 23.3. The van der Waals surface area contributed by atoms with Gasteiger partial charge in [-0.1, -0.05) is 226 Å². The Hall–Kier alpha value is -8.00. The van der Waals surface area contributed by atoms with Gasteiger partial charge in [0, 0.05) is 22.5 Å². The summed E-state index contributed by atoms with van der Waals surface area (Å²) in [5, 5.41) is 0. The van der Waals surface area contributed by atoms with Gasteiger partial charge in [0.1, 0.15) is 0 Å². The molecule has 0 N–H and O–H groups in total. The molecular formula is C65H47N.